The number of carbonyl (C=O) groups is 1. The van der Waals surface area contributed by atoms with Gasteiger partial charge in [-0.3, -0.25) is 15.2 Å². The number of pyridine rings is 1. The molecule has 22 heavy (non-hydrogen) atoms. The summed E-state index contributed by atoms with van der Waals surface area (Å²) in [6, 6.07) is 10.1. The van der Waals surface area contributed by atoms with E-state index in [1.165, 1.54) is 5.01 Å². The van der Waals surface area contributed by atoms with Crippen molar-refractivity contribution in [2.24, 2.45) is 0 Å². The average molecular weight is 335 g/mol. The predicted octanol–water partition coefficient (Wildman–Crippen LogP) is 3.35. The zero-order chi connectivity index (χ0) is 16.3. The van der Waals surface area contributed by atoms with E-state index >= 15 is 0 Å². The number of nitriles is 1. The van der Waals surface area contributed by atoms with Crippen molar-refractivity contribution < 1.29 is 4.79 Å². The molecule has 0 spiro atoms. The third-order valence-electron chi connectivity index (χ3n) is 2.97. The molecule has 1 heterocycles. The molecule has 1 aromatic carbocycles. The molecule has 0 atom stereocenters. The maximum absolute atomic E-state index is 12.2. The Kier molecular flexibility index (Phi) is 4.86. The second-order valence-electron chi connectivity index (χ2n) is 4.58. The van der Waals surface area contributed by atoms with Gasteiger partial charge in [0.05, 0.1) is 5.56 Å². The van der Waals surface area contributed by atoms with Gasteiger partial charge in [-0.25, -0.2) is 4.98 Å². The van der Waals surface area contributed by atoms with E-state index in [1.54, 1.807) is 44.3 Å². The molecule has 0 fully saturated rings. The second-order valence-corrected chi connectivity index (χ2v) is 5.40. The van der Waals surface area contributed by atoms with Crippen LogP contribution >= 0.6 is 23.2 Å². The monoisotopic (exact) mass is 334 g/mol. The summed E-state index contributed by atoms with van der Waals surface area (Å²) >= 11 is 11.7. The summed E-state index contributed by atoms with van der Waals surface area (Å²) in [7, 11) is 1.59. The minimum atomic E-state index is -0.345. The van der Waals surface area contributed by atoms with Gasteiger partial charge in [-0.15, -0.1) is 0 Å². The van der Waals surface area contributed by atoms with Crippen LogP contribution in [0.15, 0.2) is 30.3 Å². The molecule has 0 unspecified atom stereocenters. The lowest BCUT2D eigenvalue weighted by molar-refractivity contribution is 0.0951. The smallest absolute Gasteiger partial charge is 0.269 e. The van der Waals surface area contributed by atoms with Crippen molar-refractivity contribution in [3.05, 3.63) is 57.2 Å². The Bertz CT molecular complexity index is 753. The molecule has 0 saturated heterocycles. The summed E-state index contributed by atoms with van der Waals surface area (Å²) in [4.78, 5) is 16.3. The van der Waals surface area contributed by atoms with Crippen LogP contribution in [0, 0.1) is 18.3 Å². The lowest BCUT2D eigenvalue weighted by atomic mass is 10.1. The Labute approximate surface area is 138 Å². The van der Waals surface area contributed by atoms with Gasteiger partial charge in [0.1, 0.15) is 11.2 Å². The number of hydrogen-bond acceptors (Lipinski definition) is 4. The van der Waals surface area contributed by atoms with Crippen LogP contribution in [0.25, 0.3) is 0 Å². The van der Waals surface area contributed by atoms with Crippen molar-refractivity contribution in [1.82, 2.24) is 10.4 Å². The summed E-state index contributed by atoms with van der Waals surface area (Å²) in [5.41, 5.74) is 4.11. The zero-order valence-electron chi connectivity index (χ0n) is 11.9. The number of benzene rings is 1. The standard InChI is InChI=1S/C15H12Cl2N4O/c1-9-7-13(17)19-14(12(9)8-18)21(2)20-15(22)10-3-5-11(16)6-4-10/h3-7H,1-2H3,(H,20,22). The van der Waals surface area contributed by atoms with Crippen LogP contribution in [0.3, 0.4) is 0 Å². The Morgan fingerprint density at radius 1 is 1.32 bits per heavy atom. The molecule has 1 N–H and O–H groups in total. The molecule has 2 aromatic rings. The van der Waals surface area contributed by atoms with Crippen LogP contribution in [0.4, 0.5) is 5.82 Å². The fourth-order valence-electron chi connectivity index (χ4n) is 1.87. The maximum atomic E-state index is 12.2. The molecule has 0 aliphatic heterocycles. The van der Waals surface area contributed by atoms with Gasteiger partial charge in [-0.05, 0) is 42.8 Å². The molecule has 5 nitrogen and oxygen atoms in total. The fourth-order valence-corrected chi connectivity index (χ4v) is 2.24. The summed E-state index contributed by atoms with van der Waals surface area (Å²) in [5, 5.41) is 11.4. The van der Waals surface area contributed by atoms with Gasteiger partial charge in [-0.2, -0.15) is 5.26 Å². The van der Waals surface area contributed by atoms with Gasteiger partial charge in [0.15, 0.2) is 5.82 Å². The highest BCUT2D eigenvalue weighted by Crippen LogP contribution is 2.22. The first kappa shape index (κ1) is 16.1. The molecule has 1 amide bonds. The lowest BCUT2D eigenvalue weighted by Crippen LogP contribution is -2.40. The lowest BCUT2D eigenvalue weighted by Gasteiger charge is -2.21. The van der Waals surface area contributed by atoms with Crippen molar-refractivity contribution in [3.63, 3.8) is 0 Å². The summed E-state index contributed by atoms with van der Waals surface area (Å²) in [5.74, 6) is -0.0581. The molecule has 112 valence electrons. The molecule has 0 saturated carbocycles. The van der Waals surface area contributed by atoms with E-state index < -0.39 is 0 Å². The molecule has 2 rings (SSSR count). The number of rotatable bonds is 3. The summed E-state index contributed by atoms with van der Waals surface area (Å²) in [6.45, 7) is 1.75. The minimum absolute atomic E-state index is 0.249. The van der Waals surface area contributed by atoms with Gasteiger partial charge < -0.3 is 0 Å². The van der Waals surface area contributed by atoms with Crippen LogP contribution in [-0.4, -0.2) is 17.9 Å². The van der Waals surface area contributed by atoms with E-state index in [-0.39, 0.29) is 16.9 Å². The molecule has 7 heteroatoms. The fraction of sp³-hybridized carbons (Fsp3) is 0.133. The Hall–Kier alpha value is -2.29. The summed E-state index contributed by atoms with van der Waals surface area (Å²) < 4.78 is 0. The molecule has 0 aliphatic carbocycles. The van der Waals surface area contributed by atoms with E-state index in [0.29, 0.717) is 21.7 Å². The summed E-state index contributed by atoms with van der Waals surface area (Å²) in [6.07, 6.45) is 0. The highest BCUT2D eigenvalue weighted by atomic mass is 35.5. The van der Waals surface area contributed by atoms with Crippen LogP contribution in [0.2, 0.25) is 10.2 Å². The SMILES string of the molecule is Cc1cc(Cl)nc(N(C)NC(=O)c2ccc(Cl)cc2)c1C#N. The van der Waals surface area contributed by atoms with Crippen LogP contribution in [-0.2, 0) is 0 Å². The average Bonchev–Trinajstić information content (AvgIpc) is 2.47. The van der Waals surface area contributed by atoms with Gasteiger partial charge in [0.25, 0.3) is 5.91 Å². The number of hydrazine groups is 1. The second kappa shape index (κ2) is 6.65. The van der Waals surface area contributed by atoms with Crippen molar-refractivity contribution in [3.8, 4) is 6.07 Å². The molecule has 0 radical (unpaired) electrons. The third kappa shape index (κ3) is 3.48. The van der Waals surface area contributed by atoms with Gasteiger partial charge >= 0.3 is 0 Å². The largest absolute Gasteiger partial charge is 0.270 e. The van der Waals surface area contributed by atoms with Gasteiger partial charge in [0, 0.05) is 17.6 Å². The molecular formula is C15H12Cl2N4O. The van der Waals surface area contributed by atoms with Crippen molar-refractivity contribution in [2.45, 2.75) is 6.92 Å². The number of carbonyl (C=O) groups excluding carboxylic acids is 1. The highest BCUT2D eigenvalue weighted by molar-refractivity contribution is 6.30. The molecule has 1 aromatic heterocycles. The first-order valence-corrected chi connectivity index (χ1v) is 7.05. The van der Waals surface area contributed by atoms with E-state index in [0.717, 1.165) is 0 Å². The number of aromatic nitrogens is 1. The number of aryl methyl sites for hydroxylation is 1. The van der Waals surface area contributed by atoms with Crippen LogP contribution < -0.4 is 10.4 Å². The first-order chi connectivity index (χ1) is 10.4. The number of halogens is 2. The number of nitrogens with zero attached hydrogens (tertiary/aromatic N) is 3. The van der Waals surface area contributed by atoms with Crippen molar-refractivity contribution in [2.75, 3.05) is 12.1 Å². The van der Waals surface area contributed by atoms with E-state index in [4.69, 9.17) is 23.2 Å². The number of hydrogen-bond donors (Lipinski definition) is 1. The van der Waals surface area contributed by atoms with Gasteiger partial charge in [0.2, 0.25) is 0 Å². The van der Waals surface area contributed by atoms with E-state index in [1.807, 2.05) is 0 Å². The van der Waals surface area contributed by atoms with Crippen LogP contribution in [0.1, 0.15) is 21.5 Å². The van der Waals surface area contributed by atoms with Crippen molar-refractivity contribution >= 4 is 34.9 Å². The third-order valence-corrected chi connectivity index (χ3v) is 3.42. The Balaban J connectivity index is 2.26. The number of anilines is 1. The quantitative estimate of drug-likeness (QED) is 0.690. The maximum Gasteiger partial charge on any atom is 0.269 e. The van der Waals surface area contributed by atoms with Crippen molar-refractivity contribution in [1.29, 1.82) is 5.26 Å². The minimum Gasteiger partial charge on any atom is -0.270 e. The topological polar surface area (TPSA) is 69.0 Å². The first-order valence-electron chi connectivity index (χ1n) is 6.30. The Morgan fingerprint density at radius 3 is 2.55 bits per heavy atom. The molecular weight excluding hydrogens is 323 g/mol. The van der Waals surface area contributed by atoms with Gasteiger partial charge in [-0.1, -0.05) is 23.2 Å². The molecule has 0 aliphatic rings. The van der Waals surface area contributed by atoms with E-state index in [9.17, 15) is 10.1 Å². The van der Waals surface area contributed by atoms with Crippen LogP contribution in [0.5, 0.6) is 0 Å². The Morgan fingerprint density at radius 2 is 1.95 bits per heavy atom. The zero-order valence-corrected chi connectivity index (χ0v) is 13.4. The molecule has 0 bridgehead atoms. The normalized spacial score (nSPS) is 9.95. The number of amides is 1. The predicted molar refractivity (Wildman–Crippen MR) is 86.0 cm³/mol. The number of nitrogens with one attached hydrogen (secondary N) is 1. The highest BCUT2D eigenvalue weighted by Gasteiger charge is 2.16. The van der Waals surface area contributed by atoms with E-state index in [2.05, 4.69) is 16.5 Å².